The van der Waals surface area contributed by atoms with Crippen molar-refractivity contribution in [1.29, 1.82) is 0 Å². The van der Waals surface area contributed by atoms with Crippen LogP contribution >= 0.6 is 0 Å². The van der Waals surface area contributed by atoms with Gasteiger partial charge in [0.2, 0.25) is 11.7 Å². The number of rotatable bonds is 10. The minimum atomic E-state index is -4.64. The molecule has 0 bridgehead atoms. The average molecular weight is 507 g/mol. The van der Waals surface area contributed by atoms with Crippen LogP contribution in [0.2, 0.25) is 0 Å². The second kappa shape index (κ2) is 10.6. The van der Waals surface area contributed by atoms with Gasteiger partial charge in [-0.2, -0.15) is 13.2 Å². The van der Waals surface area contributed by atoms with E-state index in [2.05, 4.69) is 15.4 Å². The summed E-state index contributed by atoms with van der Waals surface area (Å²) in [4.78, 5) is 36.5. The van der Waals surface area contributed by atoms with Crippen molar-refractivity contribution < 1.29 is 41.8 Å². The second-order valence-corrected chi connectivity index (χ2v) is 7.94. The monoisotopic (exact) mass is 507 g/mol. The van der Waals surface area contributed by atoms with Crippen molar-refractivity contribution in [2.75, 3.05) is 14.2 Å². The van der Waals surface area contributed by atoms with Crippen LogP contribution in [-0.4, -0.2) is 37.4 Å². The van der Waals surface area contributed by atoms with Crippen molar-refractivity contribution in [3.8, 4) is 17.2 Å². The molecule has 0 atom stereocenters. The van der Waals surface area contributed by atoms with Crippen LogP contribution in [0.1, 0.15) is 24.0 Å². The van der Waals surface area contributed by atoms with Gasteiger partial charge in [-0.1, -0.05) is 12.1 Å². The summed E-state index contributed by atoms with van der Waals surface area (Å²) in [7, 11) is 2.51. The molecule has 2 amide bonds. The van der Waals surface area contributed by atoms with Gasteiger partial charge in [0.25, 0.3) is 5.91 Å². The highest BCUT2D eigenvalue weighted by atomic mass is 19.4. The first kappa shape index (κ1) is 26.4. The number of methoxy groups -OCH3 is 2. The standard InChI is InChI=1S/C24H24F3N3O6/c1-34-16-7-8-19(17(11-16)24(25,26)27)36-15-5-3-14(4-6-15)13-29-22(33)23(9-10-23)30-21(32)18(31)12-20(28)35-2/h3-8,11-12H,9-10,13,28H2,1-2H3,(H,29,33)(H,30,32). The number of ether oxygens (including phenoxy) is 3. The molecule has 0 heterocycles. The van der Waals surface area contributed by atoms with Crippen LogP contribution in [-0.2, 0) is 31.8 Å². The van der Waals surface area contributed by atoms with Crippen molar-refractivity contribution in [2.45, 2.75) is 31.1 Å². The smallest absolute Gasteiger partial charge is 0.420 e. The second-order valence-electron chi connectivity index (χ2n) is 7.94. The van der Waals surface area contributed by atoms with E-state index in [-0.39, 0.29) is 29.7 Å². The fourth-order valence-electron chi connectivity index (χ4n) is 3.17. The third-order valence-corrected chi connectivity index (χ3v) is 5.37. The number of amides is 2. The summed E-state index contributed by atoms with van der Waals surface area (Å²) < 4.78 is 55.0. The van der Waals surface area contributed by atoms with Crippen molar-refractivity contribution in [3.05, 3.63) is 65.6 Å². The number of nitrogens with one attached hydrogen (secondary N) is 2. The highest BCUT2D eigenvalue weighted by Crippen LogP contribution is 2.40. The molecule has 1 aliphatic rings. The Hall–Kier alpha value is -4.22. The van der Waals surface area contributed by atoms with Gasteiger partial charge in [0, 0.05) is 6.54 Å². The minimum absolute atomic E-state index is 0.0466. The maximum absolute atomic E-state index is 13.4. The lowest BCUT2D eigenvalue weighted by Crippen LogP contribution is -2.50. The van der Waals surface area contributed by atoms with Gasteiger partial charge in [-0.25, -0.2) is 0 Å². The van der Waals surface area contributed by atoms with Gasteiger partial charge < -0.3 is 30.6 Å². The molecule has 12 heteroatoms. The van der Waals surface area contributed by atoms with E-state index in [9.17, 15) is 27.6 Å². The van der Waals surface area contributed by atoms with E-state index < -0.39 is 34.9 Å². The fourth-order valence-corrected chi connectivity index (χ4v) is 3.17. The van der Waals surface area contributed by atoms with Crippen LogP contribution in [0.15, 0.2) is 54.4 Å². The normalized spacial score (nSPS) is 14.4. The van der Waals surface area contributed by atoms with Crippen LogP contribution < -0.4 is 25.8 Å². The molecule has 1 fully saturated rings. The van der Waals surface area contributed by atoms with Crippen molar-refractivity contribution in [2.24, 2.45) is 5.73 Å². The van der Waals surface area contributed by atoms with E-state index in [1.165, 1.54) is 38.5 Å². The largest absolute Gasteiger partial charge is 0.497 e. The molecule has 3 rings (SSSR count). The summed E-state index contributed by atoms with van der Waals surface area (Å²) >= 11 is 0. The van der Waals surface area contributed by atoms with Gasteiger partial charge in [0.05, 0.1) is 20.3 Å². The zero-order chi connectivity index (χ0) is 26.5. The molecule has 0 saturated heterocycles. The summed E-state index contributed by atoms with van der Waals surface area (Å²) in [5, 5.41) is 5.09. The zero-order valence-electron chi connectivity index (χ0n) is 19.4. The van der Waals surface area contributed by atoms with E-state index in [0.29, 0.717) is 18.4 Å². The molecule has 2 aromatic carbocycles. The predicted octanol–water partition coefficient (Wildman–Crippen LogP) is 2.79. The lowest BCUT2D eigenvalue weighted by atomic mass is 10.1. The highest BCUT2D eigenvalue weighted by Gasteiger charge is 2.51. The van der Waals surface area contributed by atoms with Crippen LogP contribution in [0.3, 0.4) is 0 Å². The van der Waals surface area contributed by atoms with Crippen LogP contribution in [0.4, 0.5) is 13.2 Å². The average Bonchev–Trinajstić information content (AvgIpc) is 3.63. The molecule has 36 heavy (non-hydrogen) atoms. The van der Waals surface area contributed by atoms with Gasteiger partial charge in [0.15, 0.2) is 5.88 Å². The Labute approximate surface area is 204 Å². The molecule has 0 unspecified atom stereocenters. The molecule has 0 aromatic heterocycles. The van der Waals surface area contributed by atoms with Gasteiger partial charge >= 0.3 is 6.18 Å². The summed E-state index contributed by atoms with van der Waals surface area (Å²) in [6.07, 6.45) is -3.11. The maximum atomic E-state index is 13.4. The van der Waals surface area contributed by atoms with Gasteiger partial charge in [-0.05, 0) is 48.7 Å². The minimum Gasteiger partial charge on any atom is -0.497 e. The Morgan fingerprint density at radius 1 is 1.06 bits per heavy atom. The lowest BCUT2D eigenvalue weighted by Gasteiger charge is -2.17. The number of halogens is 3. The molecule has 0 spiro atoms. The topological polar surface area (TPSA) is 129 Å². The van der Waals surface area contributed by atoms with Crippen molar-refractivity contribution in [3.63, 3.8) is 0 Å². The summed E-state index contributed by atoms with van der Waals surface area (Å²) in [6, 6.07) is 9.46. The van der Waals surface area contributed by atoms with Gasteiger partial charge in [-0.15, -0.1) is 0 Å². The number of carbonyl (C=O) groups is 3. The SMILES string of the molecule is COC(N)=CC(=O)C(=O)NC1(C(=O)NCc2ccc(Oc3ccc(OC)cc3C(F)(F)F)cc2)CC1. The highest BCUT2D eigenvalue weighted by molar-refractivity contribution is 6.41. The third kappa shape index (κ3) is 6.46. The van der Waals surface area contributed by atoms with E-state index in [4.69, 9.17) is 15.2 Å². The number of nitrogens with two attached hydrogens (primary N) is 1. The van der Waals surface area contributed by atoms with Crippen LogP contribution in [0.25, 0.3) is 0 Å². The molecular weight excluding hydrogens is 483 g/mol. The Bertz CT molecular complexity index is 1170. The summed E-state index contributed by atoms with van der Waals surface area (Å²) in [5.74, 6) is -2.82. The van der Waals surface area contributed by atoms with Crippen LogP contribution in [0, 0.1) is 0 Å². The number of carbonyl (C=O) groups excluding carboxylic acids is 3. The first-order chi connectivity index (χ1) is 17.0. The number of alkyl halides is 3. The lowest BCUT2D eigenvalue weighted by molar-refractivity contribution is -0.138. The molecule has 4 N–H and O–H groups in total. The number of hydrogen-bond acceptors (Lipinski definition) is 7. The summed E-state index contributed by atoms with van der Waals surface area (Å²) in [6.45, 7) is 0.0809. The molecule has 9 nitrogen and oxygen atoms in total. The first-order valence-corrected chi connectivity index (χ1v) is 10.7. The van der Waals surface area contributed by atoms with Gasteiger partial charge in [-0.3, -0.25) is 14.4 Å². The molecule has 1 saturated carbocycles. The summed E-state index contributed by atoms with van der Waals surface area (Å²) in [5.41, 5.74) is 3.82. The van der Waals surface area contributed by atoms with Crippen LogP contribution in [0.5, 0.6) is 17.2 Å². The van der Waals surface area contributed by atoms with Crippen molar-refractivity contribution in [1.82, 2.24) is 10.6 Å². The number of hydrogen-bond donors (Lipinski definition) is 3. The third-order valence-electron chi connectivity index (χ3n) is 5.37. The van der Waals surface area contributed by atoms with E-state index in [1.807, 2.05) is 0 Å². The fraction of sp³-hybridized carbons (Fsp3) is 0.292. The zero-order valence-corrected chi connectivity index (χ0v) is 19.4. The first-order valence-electron chi connectivity index (χ1n) is 10.7. The Kier molecular flexibility index (Phi) is 7.76. The Morgan fingerprint density at radius 2 is 1.69 bits per heavy atom. The molecule has 0 aliphatic heterocycles. The number of benzene rings is 2. The maximum Gasteiger partial charge on any atom is 0.420 e. The van der Waals surface area contributed by atoms with E-state index in [0.717, 1.165) is 12.1 Å². The molecule has 0 radical (unpaired) electrons. The van der Waals surface area contributed by atoms with E-state index in [1.54, 1.807) is 12.1 Å². The number of ketones is 1. The van der Waals surface area contributed by atoms with Gasteiger partial charge in [0.1, 0.15) is 28.4 Å². The predicted molar refractivity (Wildman–Crippen MR) is 121 cm³/mol. The van der Waals surface area contributed by atoms with E-state index >= 15 is 0 Å². The quantitative estimate of drug-likeness (QED) is 0.256. The molecule has 192 valence electrons. The molecule has 1 aliphatic carbocycles. The molecule has 2 aromatic rings. The Balaban J connectivity index is 1.59. The van der Waals surface area contributed by atoms with Crippen molar-refractivity contribution >= 4 is 17.6 Å². The Morgan fingerprint density at radius 3 is 2.25 bits per heavy atom. The molecular formula is C24H24F3N3O6.